The van der Waals surface area contributed by atoms with Crippen LogP contribution in [0.5, 0.6) is 11.5 Å². The molecule has 26 heavy (non-hydrogen) atoms. The third kappa shape index (κ3) is 5.68. The summed E-state index contributed by atoms with van der Waals surface area (Å²) in [5.74, 6) is 1.02. The van der Waals surface area contributed by atoms with Crippen molar-refractivity contribution in [2.24, 2.45) is 5.10 Å². The Morgan fingerprint density at radius 2 is 1.85 bits per heavy atom. The molecule has 0 unspecified atom stereocenters. The molecule has 8 heteroatoms. The van der Waals surface area contributed by atoms with E-state index in [0.717, 1.165) is 35.0 Å². The summed E-state index contributed by atoms with van der Waals surface area (Å²) in [5.41, 5.74) is 5.17. The zero-order valence-electron chi connectivity index (χ0n) is 14.4. The quantitative estimate of drug-likeness (QED) is 0.291. The molecular weight excluding hydrogens is 579 g/mol. The summed E-state index contributed by atoms with van der Waals surface area (Å²) >= 11 is 9.09. The number of carbonyl (C=O) groups is 1. The fourth-order valence-corrected chi connectivity index (χ4v) is 4.71. The van der Waals surface area contributed by atoms with E-state index in [2.05, 4.69) is 65.0 Å². The highest BCUT2D eigenvalue weighted by Crippen LogP contribution is 2.31. The van der Waals surface area contributed by atoms with E-state index < -0.39 is 0 Å². The molecule has 0 atom stereocenters. The van der Waals surface area contributed by atoms with Crippen molar-refractivity contribution in [1.29, 1.82) is 0 Å². The number of hydrogen-bond acceptors (Lipinski definition) is 4. The van der Waals surface area contributed by atoms with Gasteiger partial charge in [-0.05, 0) is 87.8 Å². The van der Waals surface area contributed by atoms with Crippen LogP contribution in [0.15, 0.2) is 38.3 Å². The van der Waals surface area contributed by atoms with Gasteiger partial charge < -0.3 is 9.47 Å². The van der Waals surface area contributed by atoms with Crippen LogP contribution in [0.1, 0.15) is 16.7 Å². The lowest BCUT2D eigenvalue weighted by atomic mass is 10.1. The summed E-state index contributed by atoms with van der Waals surface area (Å²) in [6.45, 7) is 3.80. The number of nitrogens with one attached hydrogen (secondary N) is 1. The molecule has 1 N–H and O–H groups in total. The fraction of sp³-hybridized carbons (Fsp3) is 0.222. The number of nitrogens with zero attached hydrogens (tertiary/aromatic N) is 1. The third-order valence-electron chi connectivity index (χ3n) is 3.41. The number of hydrogen-bond donors (Lipinski definition) is 1. The Kier molecular flexibility index (Phi) is 7.90. The van der Waals surface area contributed by atoms with Crippen molar-refractivity contribution < 1.29 is 14.3 Å². The molecule has 0 saturated carbocycles. The van der Waals surface area contributed by atoms with Crippen molar-refractivity contribution in [3.8, 4) is 11.5 Å². The molecule has 2 aromatic rings. The second kappa shape index (κ2) is 9.70. The number of halogens is 3. The van der Waals surface area contributed by atoms with Crippen LogP contribution in [0.4, 0.5) is 0 Å². The number of methoxy groups -OCH3 is 1. The summed E-state index contributed by atoms with van der Waals surface area (Å²) in [7, 11) is 1.57. The molecule has 0 fully saturated rings. The van der Waals surface area contributed by atoms with Crippen LogP contribution in [0, 0.1) is 17.4 Å². The number of rotatable bonds is 6. The Morgan fingerprint density at radius 3 is 2.46 bits per heavy atom. The highest BCUT2D eigenvalue weighted by Gasteiger charge is 2.09. The predicted octanol–water partition coefficient (Wildman–Crippen LogP) is 4.97. The summed E-state index contributed by atoms with van der Waals surface area (Å²) in [5, 5.41) is 3.98. The first-order valence-electron chi connectivity index (χ1n) is 7.56. The number of amides is 1. The van der Waals surface area contributed by atoms with E-state index in [1.54, 1.807) is 7.11 Å². The number of benzene rings is 2. The zero-order valence-corrected chi connectivity index (χ0v) is 19.7. The Labute approximate surface area is 182 Å². The van der Waals surface area contributed by atoms with Crippen molar-refractivity contribution in [1.82, 2.24) is 5.43 Å². The van der Waals surface area contributed by atoms with Crippen molar-refractivity contribution in [3.05, 3.63) is 53.5 Å². The van der Waals surface area contributed by atoms with Crippen LogP contribution in [0.3, 0.4) is 0 Å². The molecule has 0 radical (unpaired) electrons. The smallest absolute Gasteiger partial charge is 0.277 e. The van der Waals surface area contributed by atoms with Crippen LogP contribution >= 0.6 is 54.5 Å². The van der Waals surface area contributed by atoms with Crippen molar-refractivity contribution in [3.63, 3.8) is 0 Å². The lowest BCUT2D eigenvalue weighted by Crippen LogP contribution is -2.25. The topological polar surface area (TPSA) is 59.9 Å². The van der Waals surface area contributed by atoms with E-state index in [4.69, 9.17) is 9.47 Å². The van der Waals surface area contributed by atoms with Gasteiger partial charge in [-0.25, -0.2) is 5.43 Å². The number of carbonyl (C=O) groups excluding carboxylic acids is 1. The summed E-state index contributed by atoms with van der Waals surface area (Å²) < 4.78 is 13.8. The van der Waals surface area contributed by atoms with Crippen LogP contribution in [-0.2, 0) is 4.79 Å². The average Bonchev–Trinajstić information content (AvgIpc) is 2.53. The van der Waals surface area contributed by atoms with Gasteiger partial charge in [0.15, 0.2) is 6.61 Å². The van der Waals surface area contributed by atoms with Gasteiger partial charge in [-0.15, -0.1) is 0 Å². The largest absolute Gasteiger partial charge is 0.495 e. The van der Waals surface area contributed by atoms with E-state index in [-0.39, 0.29) is 12.5 Å². The van der Waals surface area contributed by atoms with Gasteiger partial charge in [0.1, 0.15) is 11.5 Å². The van der Waals surface area contributed by atoms with Crippen molar-refractivity contribution in [2.75, 3.05) is 13.7 Å². The molecule has 0 saturated heterocycles. The maximum Gasteiger partial charge on any atom is 0.277 e. The first-order valence-corrected chi connectivity index (χ1v) is 10.2. The number of hydrazone groups is 1. The molecule has 2 aromatic carbocycles. The molecular formula is C18H17Br2IN2O3. The lowest BCUT2D eigenvalue weighted by molar-refractivity contribution is -0.123. The number of ether oxygens (including phenoxy) is 2. The molecule has 0 aliphatic rings. The third-order valence-corrected chi connectivity index (χ3v) is 5.08. The summed E-state index contributed by atoms with van der Waals surface area (Å²) in [6, 6.07) is 7.73. The van der Waals surface area contributed by atoms with Crippen LogP contribution < -0.4 is 14.9 Å². The highest BCUT2D eigenvalue weighted by molar-refractivity contribution is 14.1. The van der Waals surface area contributed by atoms with E-state index in [9.17, 15) is 4.79 Å². The van der Waals surface area contributed by atoms with E-state index in [1.807, 2.05) is 38.1 Å². The first kappa shape index (κ1) is 21.2. The molecule has 2 rings (SSSR count). The van der Waals surface area contributed by atoms with Gasteiger partial charge in [-0.1, -0.05) is 15.9 Å². The second-order valence-electron chi connectivity index (χ2n) is 5.46. The Balaban J connectivity index is 1.99. The van der Waals surface area contributed by atoms with Crippen LogP contribution in [0.25, 0.3) is 0 Å². The summed E-state index contributed by atoms with van der Waals surface area (Å²) in [6.07, 6.45) is 1.52. The minimum atomic E-state index is -0.341. The van der Waals surface area contributed by atoms with Gasteiger partial charge in [-0.2, -0.15) is 5.10 Å². The maximum absolute atomic E-state index is 12.0. The molecule has 0 spiro atoms. The van der Waals surface area contributed by atoms with Crippen LogP contribution in [-0.4, -0.2) is 25.8 Å². The lowest BCUT2D eigenvalue weighted by Gasteiger charge is -2.12. The molecule has 0 bridgehead atoms. The minimum Gasteiger partial charge on any atom is -0.495 e. The molecule has 0 heterocycles. The predicted molar refractivity (Wildman–Crippen MR) is 118 cm³/mol. The van der Waals surface area contributed by atoms with Gasteiger partial charge >= 0.3 is 0 Å². The number of aryl methyl sites for hydroxylation is 2. The maximum atomic E-state index is 12.0. The minimum absolute atomic E-state index is 0.112. The Bertz CT molecular complexity index is 834. The van der Waals surface area contributed by atoms with Crippen LogP contribution in [0.2, 0.25) is 0 Å². The van der Waals surface area contributed by atoms with Crippen molar-refractivity contribution in [2.45, 2.75) is 13.8 Å². The van der Waals surface area contributed by atoms with Gasteiger partial charge in [0.05, 0.1) is 17.8 Å². The molecule has 5 nitrogen and oxygen atoms in total. The monoisotopic (exact) mass is 594 g/mol. The molecule has 0 aromatic heterocycles. The molecule has 1 amide bonds. The molecule has 138 valence electrons. The standard InChI is InChI=1S/C18H17Br2IN2O3/c1-10-4-14(21)5-11(2)17(10)26-9-16(24)23-22-8-12-6-13(19)7-15(20)18(12)25-3/h4-8H,9H2,1-3H3,(H,23,24). The average molecular weight is 596 g/mol. The SMILES string of the molecule is COc1c(Br)cc(Br)cc1C=NNC(=O)COc1c(C)cc(I)cc1C. The Hall–Kier alpha value is -1.13. The van der Waals surface area contributed by atoms with Gasteiger partial charge in [-0.3, -0.25) is 4.79 Å². The molecule has 0 aliphatic carbocycles. The zero-order chi connectivity index (χ0) is 19.3. The second-order valence-corrected chi connectivity index (χ2v) is 8.48. The normalized spacial score (nSPS) is 10.8. The fourth-order valence-electron chi connectivity index (χ4n) is 2.36. The van der Waals surface area contributed by atoms with Gasteiger partial charge in [0.2, 0.25) is 0 Å². The van der Waals surface area contributed by atoms with E-state index >= 15 is 0 Å². The van der Waals surface area contributed by atoms with Gasteiger partial charge in [0.25, 0.3) is 5.91 Å². The van der Waals surface area contributed by atoms with E-state index in [0.29, 0.717) is 5.75 Å². The molecule has 0 aliphatic heterocycles. The first-order chi connectivity index (χ1) is 12.3. The highest BCUT2D eigenvalue weighted by atomic mass is 127. The van der Waals surface area contributed by atoms with Gasteiger partial charge in [0, 0.05) is 13.6 Å². The van der Waals surface area contributed by atoms with E-state index in [1.165, 1.54) is 6.21 Å². The van der Waals surface area contributed by atoms with Crippen molar-refractivity contribution >= 4 is 66.6 Å². The summed E-state index contributed by atoms with van der Waals surface area (Å²) in [4.78, 5) is 12.0. The Morgan fingerprint density at radius 1 is 1.19 bits per heavy atom.